The summed E-state index contributed by atoms with van der Waals surface area (Å²) in [5.74, 6) is 0.934. The van der Waals surface area contributed by atoms with Crippen LogP contribution >= 0.6 is 0 Å². The predicted octanol–water partition coefficient (Wildman–Crippen LogP) is 4.45. The predicted molar refractivity (Wildman–Crippen MR) is 89.5 cm³/mol. The molecule has 1 saturated heterocycles. The molecule has 0 radical (unpaired) electrons. The molecule has 1 aliphatic rings. The summed E-state index contributed by atoms with van der Waals surface area (Å²) in [5, 5.41) is 2.23. The summed E-state index contributed by atoms with van der Waals surface area (Å²) in [6, 6.07) is 14.2. The van der Waals surface area contributed by atoms with Crippen molar-refractivity contribution in [3.05, 3.63) is 42.5 Å². The molecule has 1 aliphatic heterocycles. The minimum Gasteiger partial charge on any atom is -0.493 e. The molecule has 3 nitrogen and oxygen atoms in total. The van der Waals surface area contributed by atoms with Crippen molar-refractivity contribution in [3.8, 4) is 5.75 Å². The van der Waals surface area contributed by atoms with Crippen molar-refractivity contribution in [2.75, 3.05) is 26.2 Å². The SMILES string of the molecule is c1ccc2c(c1)oc1cccc(OCCCN3CCCC3)c12. The number of rotatable bonds is 5. The highest BCUT2D eigenvalue weighted by Crippen LogP contribution is 2.35. The number of fused-ring (bicyclic) bond motifs is 3. The molecule has 0 unspecified atom stereocenters. The van der Waals surface area contributed by atoms with Gasteiger partial charge in [-0.15, -0.1) is 0 Å². The Labute approximate surface area is 130 Å². The number of benzene rings is 2. The average molecular weight is 295 g/mol. The van der Waals surface area contributed by atoms with Crippen LogP contribution in [0.5, 0.6) is 5.75 Å². The maximum Gasteiger partial charge on any atom is 0.139 e. The third kappa shape index (κ3) is 2.57. The standard InChI is InChI=1S/C19H21NO2/c1-2-8-16-15(7-1)19-17(9-5-10-18(19)22-16)21-14-6-13-20-11-3-4-12-20/h1-2,5,7-10H,3-4,6,11-14H2. The molecule has 1 fully saturated rings. The Balaban J connectivity index is 1.51. The van der Waals surface area contributed by atoms with Gasteiger partial charge in [0.25, 0.3) is 0 Å². The Hall–Kier alpha value is -2.00. The summed E-state index contributed by atoms with van der Waals surface area (Å²) in [6.45, 7) is 4.40. The van der Waals surface area contributed by atoms with Crippen LogP contribution in [-0.4, -0.2) is 31.1 Å². The summed E-state index contributed by atoms with van der Waals surface area (Å²) in [6.07, 6.45) is 3.77. The lowest BCUT2D eigenvalue weighted by molar-refractivity contribution is 0.265. The largest absolute Gasteiger partial charge is 0.493 e. The Morgan fingerprint density at radius 3 is 2.68 bits per heavy atom. The first kappa shape index (κ1) is 13.6. The second-order valence-electron chi connectivity index (χ2n) is 5.98. The van der Waals surface area contributed by atoms with E-state index in [1.54, 1.807) is 0 Å². The normalized spacial score (nSPS) is 15.8. The zero-order valence-corrected chi connectivity index (χ0v) is 12.8. The first-order valence-corrected chi connectivity index (χ1v) is 8.17. The van der Waals surface area contributed by atoms with Gasteiger partial charge in [-0.25, -0.2) is 0 Å². The molecule has 3 heteroatoms. The second-order valence-corrected chi connectivity index (χ2v) is 5.98. The van der Waals surface area contributed by atoms with Crippen LogP contribution in [0.4, 0.5) is 0 Å². The smallest absolute Gasteiger partial charge is 0.139 e. The summed E-state index contributed by atoms with van der Waals surface area (Å²) in [5.41, 5.74) is 1.82. The minimum atomic E-state index is 0.759. The van der Waals surface area contributed by atoms with Gasteiger partial charge in [-0.1, -0.05) is 24.3 Å². The van der Waals surface area contributed by atoms with Crippen LogP contribution in [0.1, 0.15) is 19.3 Å². The van der Waals surface area contributed by atoms with Gasteiger partial charge in [-0.05, 0) is 50.6 Å². The van der Waals surface area contributed by atoms with E-state index < -0.39 is 0 Å². The van der Waals surface area contributed by atoms with Gasteiger partial charge in [0.15, 0.2) is 0 Å². The van der Waals surface area contributed by atoms with Gasteiger partial charge in [0.05, 0.1) is 12.0 Å². The van der Waals surface area contributed by atoms with E-state index >= 15 is 0 Å². The number of para-hydroxylation sites is 1. The van der Waals surface area contributed by atoms with Crippen LogP contribution in [-0.2, 0) is 0 Å². The van der Waals surface area contributed by atoms with Gasteiger partial charge in [0.2, 0.25) is 0 Å². The Morgan fingerprint density at radius 2 is 1.77 bits per heavy atom. The molecule has 4 rings (SSSR count). The molecular formula is C19H21NO2. The number of likely N-dealkylation sites (tertiary alicyclic amines) is 1. The molecule has 2 heterocycles. The Morgan fingerprint density at radius 1 is 0.955 bits per heavy atom. The fourth-order valence-corrected chi connectivity index (χ4v) is 3.34. The second kappa shape index (κ2) is 6.01. The molecule has 2 aromatic carbocycles. The van der Waals surface area contributed by atoms with E-state index in [-0.39, 0.29) is 0 Å². The van der Waals surface area contributed by atoms with Crippen molar-refractivity contribution >= 4 is 21.9 Å². The van der Waals surface area contributed by atoms with Gasteiger partial charge in [0.1, 0.15) is 16.9 Å². The maximum absolute atomic E-state index is 6.06. The van der Waals surface area contributed by atoms with Gasteiger partial charge >= 0.3 is 0 Å². The van der Waals surface area contributed by atoms with Gasteiger partial charge in [0, 0.05) is 11.9 Å². The zero-order chi connectivity index (χ0) is 14.8. The van der Waals surface area contributed by atoms with E-state index in [1.807, 2.05) is 36.4 Å². The monoisotopic (exact) mass is 295 g/mol. The average Bonchev–Trinajstić information content (AvgIpc) is 3.19. The maximum atomic E-state index is 6.06. The van der Waals surface area contributed by atoms with Gasteiger partial charge in [-0.2, -0.15) is 0 Å². The molecule has 0 N–H and O–H groups in total. The van der Waals surface area contributed by atoms with Crippen LogP contribution in [0.15, 0.2) is 46.9 Å². The Bertz CT molecular complexity index is 771. The fourth-order valence-electron chi connectivity index (χ4n) is 3.34. The molecule has 0 aliphatic carbocycles. The summed E-state index contributed by atoms with van der Waals surface area (Å²) in [7, 11) is 0. The van der Waals surface area contributed by atoms with E-state index in [0.717, 1.165) is 47.3 Å². The van der Waals surface area contributed by atoms with Crippen LogP contribution in [0.3, 0.4) is 0 Å². The van der Waals surface area contributed by atoms with Crippen molar-refractivity contribution in [1.29, 1.82) is 0 Å². The third-order valence-electron chi connectivity index (χ3n) is 4.44. The first-order valence-electron chi connectivity index (χ1n) is 8.17. The lowest BCUT2D eigenvalue weighted by atomic mass is 10.1. The topological polar surface area (TPSA) is 25.6 Å². The molecule has 22 heavy (non-hydrogen) atoms. The Kier molecular flexibility index (Phi) is 3.73. The van der Waals surface area contributed by atoms with E-state index in [0.29, 0.717) is 0 Å². The number of nitrogens with zero attached hydrogens (tertiary/aromatic N) is 1. The lowest BCUT2D eigenvalue weighted by Crippen LogP contribution is -2.21. The van der Waals surface area contributed by atoms with Crippen molar-refractivity contribution in [2.45, 2.75) is 19.3 Å². The van der Waals surface area contributed by atoms with Gasteiger partial charge < -0.3 is 14.1 Å². The summed E-state index contributed by atoms with van der Waals surface area (Å²) >= 11 is 0. The number of ether oxygens (including phenoxy) is 1. The highest BCUT2D eigenvalue weighted by atomic mass is 16.5. The third-order valence-corrected chi connectivity index (χ3v) is 4.44. The van der Waals surface area contributed by atoms with E-state index in [9.17, 15) is 0 Å². The van der Waals surface area contributed by atoms with E-state index in [4.69, 9.17) is 9.15 Å². The van der Waals surface area contributed by atoms with Crippen molar-refractivity contribution in [3.63, 3.8) is 0 Å². The summed E-state index contributed by atoms with van der Waals surface area (Å²) in [4.78, 5) is 2.52. The van der Waals surface area contributed by atoms with E-state index in [2.05, 4.69) is 11.0 Å². The van der Waals surface area contributed by atoms with Crippen molar-refractivity contribution < 1.29 is 9.15 Å². The van der Waals surface area contributed by atoms with Crippen molar-refractivity contribution in [2.24, 2.45) is 0 Å². The fraction of sp³-hybridized carbons (Fsp3) is 0.368. The minimum absolute atomic E-state index is 0.759. The summed E-state index contributed by atoms with van der Waals surface area (Å²) < 4.78 is 12.0. The quantitative estimate of drug-likeness (QED) is 0.650. The molecule has 0 saturated carbocycles. The van der Waals surface area contributed by atoms with Crippen molar-refractivity contribution in [1.82, 2.24) is 4.90 Å². The highest BCUT2D eigenvalue weighted by molar-refractivity contribution is 6.08. The van der Waals surface area contributed by atoms with Gasteiger partial charge in [-0.3, -0.25) is 0 Å². The number of furan rings is 1. The molecule has 0 amide bonds. The number of hydrogen-bond acceptors (Lipinski definition) is 3. The molecular weight excluding hydrogens is 274 g/mol. The van der Waals surface area contributed by atoms with Crippen LogP contribution in [0.25, 0.3) is 21.9 Å². The molecule has 0 bridgehead atoms. The van der Waals surface area contributed by atoms with Crippen LogP contribution < -0.4 is 4.74 Å². The highest BCUT2D eigenvalue weighted by Gasteiger charge is 2.12. The zero-order valence-electron chi connectivity index (χ0n) is 12.8. The van der Waals surface area contributed by atoms with Crippen LogP contribution in [0.2, 0.25) is 0 Å². The first-order chi connectivity index (χ1) is 10.9. The van der Waals surface area contributed by atoms with Crippen LogP contribution in [0, 0.1) is 0 Å². The molecule has 0 spiro atoms. The molecule has 0 atom stereocenters. The van der Waals surface area contributed by atoms with E-state index in [1.165, 1.54) is 25.9 Å². The molecule has 1 aromatic heterocycles. The lowest BCUT2D eigenvalue weighted by Gasteiger charge is -2.14. The molecule has 114 valence electrons. The number of hydrogen-bond donors (Lipinski definition) is 0. The molecule has 3 aromatic rings.